The van der Waals surface area contributed by atoms with E-state index in [2.05, 4.69) is 16.0 Å². The lowest BCUT2D eigenvalue weighted by atomic mass is 9.85. The number of hydrogen-bond donors (Lipinski definition) is 3. The van der Waals surface area contributed by atoms with Crippen molar-refractivity contribution in [1.82, 2.24) is 30.4 Å². The molecule has 6 aliphatic rings. The molecule has 392 valence electrons. The van der Waals surface area contributed by atoms with Gasteiger partial charge in [0.2, 0.25) is 11.8 Å². The van der Waals surface area contributed by atoms with Crippen LogP contribution >= 0.6 is 22.9 Å². The zero-order chi connectivity index (χ0) is 52.1. The zero-order valence-electron chi connectivity index (χ0n) is 42.5. The number of carbonyl (C=O) groups excluding carboxylic acids is 5. The first-order valence-corrected chi connectivity index (χ1v) is 26.1. The number of halogens is 3. The molecular formula is C51H66ClF2N7O10S. The van der Waals surface area contributed by atoms with E-state index in [1.807, 2.05) is 46.9 Å². The number of benzene rings is 1. The van der Waals surface area contributed by atoms with Crippen LogP contribution in [0.25, 0.3) is 22.3 Å². The van der Waals surface area contributed by atoms with Crippen molar-refractivity contribution in [1.29, 1.82) is 0 Å². The van der Waals surface area contributed by atoms with Crippen LogP contribution in [0.4, 0.5) is 23.5 Å². The lowest BCUT2D eigenvalue weighted by molar-refractivity contribution is -0.148. The number of pyridine rings is 1. The average Bonchev–Trinajstić information content (AvgIpc) is 3.98. The SMILES string of the molecule is CC[C@@H]1C[C@]1(NC(=O)[C@@H]1C[C@@H](Oc2cc(-c3csc(NC(C)C)n3)nc3c(Cl)c(OC[C@@H]4CC(F)(F)CN4C(=O)OC(C)(C)C)ccc23)CN1C(=O)[C@@H](NC(=O)OC1CC23CC2(C1)C3)C(C)(C)C)C(=O)OC. The number of ether oxygens (including phenoxy) is 5. The molecule has 4 heterocycles. The number of thiazole rings is 1. The van der Waals surface area contributed by atoms with Crippen LogP contribution in [0.1, 0.15) is 114 Å². The number of methoxy groups -OCH3 is 1. The summed E-state index contributed by atoms with van der Waals surface area (Å²) in [7, 11) is 1.27. The standard InChI is InChI=1S/C51H66ClF2N7O10S/c1-11-27-16-51(27,42(64)67-10)59-40(62)34-14-29(20-60(34)41(63)39(46(4,5)6)58-44(65)70-30-18-48-23-49(48,19-30)24-48)69-36-15-32(33-22-72-43(57-33)55-26(2)3)56-38-31(36)12-13-35(37(38)52)68-21-28-17-50(53,54)25-61(28)45(66)71-47(7,8)9/h12-13,15,22,26-30,34,39H,11,14,16-21,23-25H2,1-10H3,(H,55,57)(H,58,65)(H,59,62)/t27-,28+,29-,30?,34+,39-,48?,49?,51-/m1/s1. The molecule has 72 heavy (non-hydrogen) atoms. The first-order valence-electron chi connectivity index (χ1n) is 24.9. The van der Waals surface area contributed by atoms with E-state index in [1.54, 1.807) is 39.0 Å². The Morgan fingerprint density at radius 2 is 1.65 bits per heavy atom. The summed E-state index contributed by atoms with van der Waals surface area (Å²) >= 11 is 8.49. The normalized spacial score (nSPS) is 29.2. The number of hydrogen-bond acceptors (Lipinski definition) is 14. The molecule has 2 aliphatic heterocycles. The molecule has 3 N–H and O–H groups in total. The number of esters is 1. The molecule has 17 nitrogen and oxygen atoms in total. The van der Waals surface area contributed by atoms with Crippen LogP contribution in [0.5, 0.6) is 11.5 Å². The van der Waals surface area contributed by atoms with Gasteiger partial charge in [-0.3, -0.25) is 14.5 Å². The Bertz CT molecular complexity index is 2650. The monoisotopic (exact) mass is 1040 g/mol. The van der Waals surface area contributed by atoms with Gasteiger partial charge >= 0.3 is 18.2 Å². The summed E-state index contributed by atoms with van der Waals surface area (Å²) < 4.78 is 59.1. The first kappa shape index (κ1) is 51.7. The van der Waals surface area contributed by atoms with Crippen LogP contribution in [0.3, 0.4) is 0 Å². The van der Waals surface area contributed by atoms with Gasteiger partial charge in [0.25, 0.3) is 5.92 Å². The quantitative estimate of drug-likeness (QED) is 0.0965. The van der Waals surface area contributed by atoms with E-state index < -0.39 is 89.6 Å². The van der Waals surface area contributed by atoms with Crippen molar-refractivity contribution >= 4 is 68.9 Å². The van der Waals surface area contributed by atoms with Crippen LogP contribution in [0, 0.1) is 22.2 Å². The Morgan fingerprint density at radius 1 is 0.944 bits per heavy atom. The highest BCUT2D eigenvalue weighted by molar-refractivity contribution is 7.14. The second-order valence-corrected chi connectivity index (χ2v) is 24.5. The third-order valence-corrected chi connectivity index (χ3v) is 16.3. The number of amides is 4. The summed E-state index contributed by atoms with van der Waals surface area (Å²) in [5, 5.41) is 12.0. The Hall–Kier alpha value is -5.24. The fourth-order valence-corrected chi connectivity index (χ4v) is 12.5. The van der Waals surface area contributed by atoms with Gasteiger partial charge in [0.05, 0.1) is 37.5 Å². The van der Waals surface area contributed by atoms with E-state index in [9.17, 15) is 28.0 Å². The Labute approximate surface area is 427 Å². The summed E-state index contributed by atoms with van der Waals surface area (Å²) in [4.78, 5) is 81.5. The Kier molecular flexibility index (Phi) is 13.1. The maximum Gasteiger partial charge on any atom is 0.410 e. The summed E-state index contributed by atoms with van der Waals surface area (Å²) in [6, 6.07) is 1.71. The number of aromatic nitrogens is 2. The fraction of sp³-hybridized carbons (Fsp3) is 0.667. The molecule has 0 spiro atoms. The number of carbonyl (C=O) groups is 5. The van der Waals surface area contributed by atoms with Crippen molar-refractivity contribution in [2.24, 2.45) is 22.2 Å². The van der Waals surface area contributed by atoms with Crippen molar-refractivity contribution in [2.75, 3.05) is 32.1 Å². The van der Waals surface area contributed by atoms with E-state index in [0.717, 1.165) is 17.7 Å². The summed E-state index contributed by atoms with van der Waals surface area (Å²) in [5.74, 6) is -4.62. The Balaban J connectivity index is 1.02. The van der Waals surface area contributed by atoms with Gasteiger partial charge in [-0.15, -0.1) is 11.3 Å². The summed E-state index contributed by atoms with van der Waals surface area (Å²) in [6.45, 7) is 15.1. The van der Waals surface area contributed by atoms with Crippen molar-refractivity contribution < 1.29 is 56.4 Å². The van der Waals surface area contributed by atoms with Gasteiger partial charge in [0.1, 0.15) is 64.3 Å². The molecule has 21 heteroatoms. The number of rotatable bonds is 15. The maximum absolute atomic E-state index is 15.0. The van der Waals surface area contributed by atoms with Crippen molar-refractivity contribution in [3.63, 3.8) is 0 Å². The minimum atomic E-state index is -3.17. The number of alkyl carbamates (subject to hydrolysis) is 1. The minimum absolute atomic E-state index is 0.00737. The van der Waals surface area contributed by atoms with Crippen LogP contribution in [0.2, 0.25) is 5.02 Å². The highest BCUT2D eigenvalue weighted by Crippen LogP contribution is 2.93. The highest BCUT2D eigenvalue weighted by atomic mass is 35.5. The molecule has 4 amide bonds. The van der Waals surface area contributed by atoms with Gasteiger partial charge in [-0.2, -0.15) is 0 Å². The topological polar surface area (TPSA) is 200 Å². The van der Waals surface area contributed by atoms with Gasteiger partial charge in [0.15, 0.2) is 5.13 Å². The number of likely N-dealkylation sites (tertiary alicyclic amines) is 2. The molecule has 4 aliphatic carbocycles. The summed E-state index contributed by atoms with van der Waals surface area (Å²) in [5.41, 5.74) is -1.28. The Morgan fingerprint density at radius 3 is 2.28 bits per heavy atom. The number of fused-ring (bicyclic) bond motifs is 1. The van der Waals surface area contributed by atoms with Gasteiger partial charge in [0, 0.05) is 35.7 Å². The zero-order valence-corrected chi connectivity index (χ0v) is 44.1. The first-order chi connectivity index (χ1) is 33.7. The van der Waals surface area contributed by atoms with Crippen LogP contribution in [-0.4, -0.2) is 130 Å². The molecule has 4 saturated carbocycles. The smallest absolute Gasteiger partial charge is 0.410 e. The van der Waals surface area contributed by atoms with Gasteiger partial charge < -0.3 is 44.5 Å². The number of nitrogens with zero attached hydrogens (tertiary/aromatic N) is 4. The molecule has 2 aromatic heterocycles. The van der Waals surface area contributed by atoms with Gasteiger partial charge in [-0.25, -0.2) is 33.1 Å². The van der Waals surface area contributed by atoms with Crippen LogP contribution in [0.15, 0.2) is 23.6 Å². The molecule has 0 radical (unpaired) electrons. The highest BCUT2D eigenvalue weighted by Gasteiger charge is 2.86. The largest absolute Gasteiger partial charge is 0.490 e. The third-order valence-electron chi connectivity index (χ3n) is 15.2. The molecule has 2 saturated heterocycles. The van der Waals surface area contributed by atoms with Crippen molar-refractivity contribution in [2.45, 2.75) is 167 Å². The van der Waals surface area contributed by atoms with E-state index in [0.29, 0.717) is 45.6 Å². The van der Waals surface area contributed by atoms with E-state index in [-0.39, 0.29) is 59.7 Å². The summed E-state index contributed by atoms with van der Waals surface area (Å²) in [6.07, 6.45) is 1.72. The lowest BCUT2D eigenvalue weighted by Crippen LogP contribution is -2.59. The predicted molar refractivity (Wildman–Crippen MR) is 264 cm³/mol. The predicted octanol–water partition coefficient (Wildman–Crippen LogP) is 8.75. The third kappa shape index (κ3) is 10.1. The molecule has 9 rings (SSSR count). The van der Waals surface area contributed by atoms with Gasteiger partial charge in [-0.1, -0.05) is 45.7 Å². The fourth-order valence-electron chi connectivity index (χ4n) is 11.4. The second-order valence-electron chi connectivity index (χ2n) is 23.3. The van der Waals surface area contributed by atoms with Crippen molar-refractivity contribution in [3.05, 3.63) is 28.6 Å². The van der Waals surface area contributed by atoms with E-state index >= 15 is 4.79 Å². The van der Waals surface area contributed by atoms with E-state index in [4.69, 9.17) is 45.3 Å². The maximum atomic E-state index is 15.0. The minimum Gasteiger partial charge on any atom is -0.490 e. The van der Waals surface area contributed by atoms with Crippen LogP contribution in [-0.2, 0) is 28.6 Å². The molecule has 1 aromatic carbocycles. The molecule has 6 fully saturated rings. The molecule has 0 unspecified atom stereocenters. The lowest BCUT2D eigenvalue weighted by Gasteiger charge is -2.35. The van der Waals surface area contributed by atoms with Crippen LogP contribution < -0.4 is 25.4 Å². The number of anilines is 1. The van der Waals surface area contributed by atoms with Gasteiger partial charge in [-0.05, 0) is 101 Å². The molecule has 6 atom stereocenters. The van der Waals surface area contributed by atoms with E-state index in [1.165, 1.54) is 36.2 Å². The molecular weight excluding hydrogens is 976 g/mol. The molecule has 3 aromatic rings. The van der Waals surface area contributed by atoms with Crippen molar-refractivity contribution in [3.8, 4) is 22.9 Å². The average molecular weight is 1040 g/mol. The second kappa shape index (κ2) is 18.3. The number of alkyl halides is 2. The number of nitrogens with one attached hydrogen (secondary N) is 3. The molecule has 0 bridgehead atoms.